The van der Waals surface area contributed by atoms with Crippen LogP contribution < -0.4 is 5.32 Å². The van der Waals surface area contributed by atoms with Gasteiger partial charge in [-0.1, -0.05) is 6.07 Å². The van der Waals surface area contributed by atoms with Crippen molar-refractivity contribution in [2.24, 2.45) is 0 Å². The van der Waals surface area contributed by atoms with Crippen LogP contribution in [0.25, 0.3) is 0 Å². The molecule has 1 heterocycles. The van der Waals surface area contributed by atoms with Gasteiger partial charge in [-0.2, -0.15) is 0 Å². The lowest BCUT2D eigenvalue weighted by atomic mass is 9.89. The highest BCUT2D eigenvalue weighted by atomic mass is 79.9. The quantitative estimate of drug-likeness (QED) is 0.855. The zero-order valence-corrected chi connectivity index (χ0v) is 10.3. The molecule has 1 N–H and O–H groups in total. The summed E-state index contributed by atoms with van der Waals surface area (Å²) in [6, 6.07) is 6.41. The Labute approximate surface area is 98.4 Å². The van der Waals surface area contributed by atoms with E-state index < -0.39 is 0 Å². The van der Waals surface area contributed by atoms with Crippen LogP contribution >= 0.6 is 15.9 Å². The molecule has 0 amide bonds. The molecule has 1 aliphatic carbocycles. The zero-order chi connectivity index (χ0) is 10.7. The van der Waals surface area contributed by atoms with Gasteiger partial charge >= 0.3 is 0 Å². The monoisotopic (exact) mass is 270 g/mol. The van der Waals surface area contributed by atoms with Gasteiger partial charge in [-0.3, -0.25) is 0 Å². The number of aromatic nitrogens is 1. The molecule has 15 heavy (non-hydrogen) atoms. The Morgan fingerprint density at radius 1 is 1.53 bits per heavy atom. The maximum absolute atomic E-state index is 5.50. The van der Waals surface area contributed by atoms with Crippen molar-refractivity contribution in [1.82, 2.24) is 4.98 Å². The van der Waals surface area contributed by atoms with Crippen LogP contribution in [-0.2, 0) is 4.74 Å². The molecule has 0 spiro atoms. The molecule has 0 aliphatic heterocycles. The Morgan fingerprint density at radius 2 is 2.33 bits per heavy atom. The van der Waals surface area contributed by atoms with Crippen molar-refractivity contribution in [2.45, 2.75) is 31.9 Å². The largest absolute Gasteiger partial charge is 0.378 e. The van der Waals surface area contributed by atoms with Crippen LogP contribution in [0.5, 0.6) is 0 Å². The number of rotatable bonds is 4. The van der Waals surface area contributed by atoms with Gasteiger partial charge in [0.2, 0.25) is 0 Å². The number of nitrogens with zero attached hydrogens (tertiary/aromatic N) is 1. The van der Waals surface area contributed by atoms with Gasteiger partial charge < -0.3 is 10.1 Å². The number of nitrogens with one attached hydrogen (secondary N) is 1. The van der Waals surface area contributed by atoms with Gasteiger partial charge in [-0.05, 0) is 47.8 Å². The number of hydrogen-bond acceptors (Lipinski definition) is 3. The summed E-state index contributed by atoms with van der Waals surface area (Å²) in [5.74, 6) is 0.935. The first-order valence-electron chi connectivity index (χ1n) is 5.28. The number of ether oxygens (including phenoxy) is 1. The number of anilines is 1. The summed E-state index contributed by atoms with van der Waals surface area (Å²) < 4.78 is 6.37. The average molecular weight is 271 g/mol. The van der Waals surface area contributed by atoms with Gasteiger partial charge in [-0.25, -0.2) is 4.98 Å². The van der Waals surface area contributed by atoms with Crippen molar-refractivity contribution in [1.29, 1.82) is 0 Å². The van der Waals surface area contributed by atoms with E-state index in [-0.39, 0.29) is 0 Å². The first kappa shape index (κ1) is 10.9. The van der Waals surface area contributed by atoms with Crippen LogP contribution in [0.3, 0.4) is 0 Å². The Balaban J connectivity index is 1.80. The number of hydrogen-bond donors (Lipinski definition) is 1. The Hall–Kier alpha value is -0.610. The van der Waals surface area contributed by atoms with Crippen molar-refractivity contribution >= 4 is 21.7 Å². The topological polar surface area (TPSA) is 34.1 Å². The highest BCUT2D eigenvalue weighted by molar-refractivity contribution is 9.10. The molecule has 1 saturated carbocycles. The third kappa shape index (κ3) is 2.92. The fourth-order valence-corrected chi connectivity index (χ4v) is 2.10. The summed E-state index contributed by atoms with van der Waals surface area (Å²) >= 11 is 3.35. The van der Waals surface area contributed by atoms with Crippen LogP contribution in [0.2, 0.25) is 0 Å². The molecule has 4 heteroatoms. The Bertz CT molecular complexity index is 326. The van der Waals surface area contributed by atoms with Gasteiger partial charge in [0.15, 0.2) is 0 Å². The molecule has 1 aliphatic rings. The number of pyridine rings is 1. The van der Waals surface area contributed by atoms with E-state index in [0.29, 0.717) is 12.1 Å². The Kier molecular flexibility index (Phi) is 3.59. The summed E-state index contributed by atoms with van der Waals surface area (Å²) in [5, 5.41) is 3.39. The second-order valence-electron chi connectivity index (χ2n) is 3.74. The molecular formula is C11H15BrN2O. The molecule has 0 atom stereocenters. The summed E-state index contributed by atoms with van der Waals surface area (Å²) in [7, 11) is 0. The van der Waals surface area contributed by atoms with E-state index >= 15 is 0 Å². The summed E-state index contributed by atoms with van der Waals surface area (Å²) in [4.78, 5) is 4.33. The van der Waals surface area contributed by atoms with Crippen molar-refractivity contribution in [3.05, 3.63) is 22.8 Å². The molecule has 1 fully saturated rings. The predicted molar refractivity (Wildman–Crippen MR) is 64.0 cm³/mol. The third-order valence-electron chi connectivity index (χ3n) is 2.56. The minimum absolute atomic E-state index is 0.444. The van der Waals surface area contributed by atoms with Gasteiger partial charge in [0.05, 0.1) is 6.10 Å². The molecule has 82 valence electrons. The molecule has 3 nitrogen and oxygen atoms in total. The van der Waals surface area contributed by atoms with E-state index in [1.54, 1.807) is 0 Å². The van der Waals surface area contributed by atoms with Gasteiger partial charge in [0.25, 0.3) is 0 Å². The van der Waals surface area contributed by atoms with Crippen molar-refractivity contribution in [3.63, 3.8) is 0 Å². The van der Waals surface area contributed by atoms with Gasteiger partial charge in [0.1, 0.15) is 10.4 Å². The molecule has 0 radical (unpaired) electrons. The normalized spacial score (nSPS) is 24.7. The predicted octanol–water partition coefficient (Wildman–Crippen LogP) is 2.82. The summed E-state index contributed by atoms with van der Waals surface area (Å²) in [6.45, 7) is 2.85. The second kappa shape index (κ2) is 4.94. The summed E-state index contributed by atoms with van der Waals surface area (Å²) in [6.07, 6.45) is 2.61. The first-order chi connectivity index (χ1) is 7.28. The molecule has 1 aromatic rings. The van der Waals surface area contributed by atoms with Crippen molar-refractivity contribution < 1.29 is 4.74 Å². The molecular weight excluding hydrogens is 256 g/mol. The smallest absolute Gasteiger partial charge is 0.127 e. The molecule has 2 rings (SSSR count). The van der Waals surface area contributed by atoms with Crippen LogP contribution in [0, 0.1) is 0 Å². The lowest BCUT2D eigenvalue weighted by Gasteiger charge is -2.35. The number of halogens is 1. The van der Waals surface area contributed by atoms with Crippen molar-refractivity contribution in [3.8, 4) is 0 Å². The zero-order valence-electron chi connectivity index (χ0n) is 8.74. The SMILES string of the molecule is CCOC1CC(Nc2cccc(Br)n2)C1. The molecule has 1 aromatic heterocycles. The molecule has 0 saturated heterocycles. The average Bonchev–Trinajstić information content (AvgIpc) is 2.15. The lowest BCUT2D eigenvalue weighted by Crippen LogP contribution is -2.41. The van der Waals surface area contributed by atoms with E-state index in [1.165, 1.54) is 0 Å². The van der Waals surface area contributed by atoms with E-state index in [0.717, 1.165) is 29.9 Å². The van der Waals surface area contributed by atoms with E-state index in [1.807, 2.05) is 25.1 Å². The van der Waals surface area contributed by atoms with E-state index in [4.69, 9.17) is 4.74 Å². The van der Waals surface area contributed by atoms with Gasteiger partial charge in [0, 0.05) is 12.6 Å². The van der Waals surface area contributed by atoms with Crippen LogP contribution in [0.4, 0.5) is 5.82 Å². The third-order valence-corrected chi connectivity index (χ3v) is 3.01. The lowest BCUT2D eigenvalue weighted by molar-refractivity contribution is 0.00292. The summed E-state index contributed by atoms with van der Waals surface area (Å²) in [5.41, 5.74) is 0. The first-order valence-corrected chi connectivity index (χ1v) is 6.08. The van der Waals surface area contributed by atoms with E-state index in [2.05, 4.69) is 26.2 Å². The fourth-order valence-electron chi connectivity index (χ4n) is 1.75. The van der Waals surface area contributed by atoms with Crippen molar-refractivity contribution in [2.75, 3.05) is 11.9 Å². The second-order valence-corrected chi connectivity index (χ2v) is 4.55. The van der Waals surface area contributed by atoms with Crippen LogP contribution in [0.1, 0.15) is 19.8 Å². The Morgan fingerprint density at radius 3 is 3.00 bits per heavy atom. The minimum atomic E-state index is 0.444. The molecule has 0 unspecified atom stereocenters. The highest BCUT2D eigenvalue weighted by Gasteiger charge is 2.29. The van der Waals surface area contributed by atoms with E-state index in [9.17, 15) is 0 Å². The van der Waals surface area contributed by atoms with Gasteiger partial charge in [-0.15, -0.1) is 0 Å². The standard InChI is InChI=1S/C11H15BrN2O/c1-2-15-9-6-8(7-9)13-11-5-3-4-10(12)14-11/h3-5,8-9H,2,6-7H2,1H3,(H,13,14). The minimum Gasteiger partial charge on any atom is -0.378 e. The molecule has 0 bridgehead atoms. The molecule has 0 aromatic carbocycles. The van der Waals surface area contributed by atoms with Crippen LogP contribution in [-0.4, -0.2) is 23.7 Å². The maximum Gasteiger partial charge on any atom is 0.127 e. The fraction of sp³-hybridized carbons (Fsp3) is 0.545. The highest BCUT2D eigenvalue weighted by Crippen LogP contribution is 2.26. The van der Waals surface area contributed by atoms with Crippen LogP contribution in [0.15, 0.2) is 22.8 Å². The maximum atomic E-state index is 5.50.